The van der Waals surface area contributed by atoms with Gasteiger partial charge in [0.15, 0.2) is 0 Å². The molecule has 120 valence electrons. The molecule has 1 amide bonds. The molecule has 21 heavy (non-hydrogen) atoms. The van der Waals surface area contributed by atoms with Gasteiger partial charge >= 0.3 is 6.09 Å². The first-order chi connectivity index (χ1) is 9.81. The summed E-state index contributed by atoms with van der Waals surface area (Å²) in [6.07, 6.45) is 5.37. The highest BCUT2D eigenvalue weighted by atomic mass is 16.6. The normalized spacial score (nSPS) is 13.0. The first kappa shape index (κ1) is 17.5. The Morgan fingerprint density at radius 2 is 2.19 bits per heavy atom. The van der Waals surface area contributed by atoms with Gasteiger partial charge in [0.05, 0.1) is 6.54 Å². The second-order valence-corrected chi connectivity index (χ2v) is 6.20. The van der Waals surface area contributed by atoms with E-state index in [2.05, 4.69) is 22.5 Å². The average molecular weight is 296 g/mol. The molecule has 0 saturated heterocycles. The number of aromatic nitrogens is 2. The van der Waals surface area contributed by atoms with E-state index >= 15 is 0 Å². The van der Waals surface area contributed by atoms with E-state index in [9.17, 15) is 4.79 Å². The maximum absolute atomic E-state index is 11.7. The Kier molecular flexibility index (Phi) is 6.68. The van der Waals surface area contributed by atoms with Gasteiger partial charge in [-0.25, -0.2) is 9.78 Å². The van der Waals surface area contributed by atoms with Crippen molar-refractivity contribution in [3.8, 4) is 0 Å². The molecule has 0 spiro atoms. The fourth-order valence-corrected chi connectivity index (χ4v) is 1.95. The Hall–Kier alpha value is -1.56. The van der Waals surface area contributed by atoms with Crippen molar-refractivity contribution in [2.24, 2.45) is 7.05 Å². The molecule has 0 radical (unpaired) electrons. The second-order valence-electron chi connectivity index (χ2n) is 6.20. The number of alkyl carbamates (subject to hydrolysis) is 1. The summed E-state index contributed by atoms with van der Waals surface area (Å²) in [5.74, 6) is 0.980. The van der Waals surface area contributed by atoms with Crippen LogP contribution in [0.25, 0.3) is 0 Å². The maximum atomic E-state index is 11.7. The number of hydrogen-bond acceptors (Lipinski definition) is 4. The largest absolute Gasteiger partial charge is 0.444 e. The lowest BCUT2D eigenvalue weighted by Crippen LogP contribution is -2.42. The standard InChI is InChI=1S/C15H28N4O2/c1-6-7-12(10-18-14(20)21-15(2,3)4)17-11-13-16-8-9-19(13)5/h8-9,12,17H,6-7,10-11H2,1-5H3,(H,18,20). The summed E-state index contributed by atoms with van der Waals surface area (Å²) in [6, 6.07) is 0.208. The maximum Gasteiger partial charge on any atom is 0.407 e. The van der Waals surface area contributed by atoms with Gasteiger partial charge in [0, 0.05) is 32.0 Å². The smallest absolute Gasteiger partial charge is 0.407 e. The Labute approximate surface area is 127 Å². The molecule has 0 saturated carbocycles. The molecule has 1 unspecified atom stereocenters. The van der Waals surface area contributed by atoms with Crippen LogP contribution in [0.15, 0.2) is 12.4 Å². The van der Waals surface area contributed by atoms with E-state index in [1.807, 2.05) is 38.6 Å². The van der Waals surface area contributed by atoms with Crippen molar-refractivity contribution in [2.75, 3.05) is 6.54 Å². The molecule has 2 N–H and O–H groups in total. The van der Waals surface area contributed by atoms with Crippen LogP contribution in [-0.2, 0) is 18.3 Å². The second kappa shape index (κ2) is 8.02. The third-order valence-electron chi connectivity index (χ3n) is 3.00. The number of ether oxygens (including phenoxy) is 1. The van der Waals surface area contributed by atoms with Gasteiger partial charge in [0.1, 0.15) is 11.4 Å². The number of aryl methyl sites for hydroxylation is 1. The van der Waals surface area contributed by atoms with Crippen molar-refractivity contribution >= 4 is 6.09 Å². The van der Waals surface area contributed by atoms with Crippen LogP contribution >= 0.6 is 0 Å². The van der Waals surface area contributed by atoms with E-state index in [1.165, 1.54) is 0 Å². The Morgan fingerprint density at radius 3 is 2.71 bits per heavy atom. The number of rotatable bonds is 7. The Morgan fingerprint density at radius 1 is 1.48 bits per heavy atom. The summed E-state index contributed by atoms with van der Waals surface area (Å²) in [4.78, 5) is 16.0. The van der Waals surface area contributed by atoms with E-state index in [4.69, 9.17) is 4.74 Å². The lowest BCUT2D eigenvalue weighted by molar-refractivity contribution is 0.0521. The molecule has 1 heterocycles. The Balaban J connectivity index is 2.39. The molecule has 0 aromatic carbocycles. The molecule has 0 bridgehead atoms. The van der Waals surface area contributed by atoms with E-state index in [1.54, 1.807) is 6.20 Å². The fraction of sp³-hybridized carbons (Fsp3) is 0.733. The number of nitrogens with zero attached hydrogens (tertiary/aromatic N) is 2. The van der Waals surface area contributed by atoms with Gasteiger partial charge in [0.25, 0.3) is 0 Å². The summed E-state index contributed by atoms with van der Waals surface area (Å²) in [7, 11) is 1.97. The summed E-state index contributed by atoms with van der Waals surface area (Å²) in [5.41, 5.74) is -0.468. The third-order valence-corrected chi connectivity index (χ3v) is 3.00. The molecule has 1 aromatic heterocycles. The number of hydrogen-bond donors (Lipinski definition) is 2. The molecule has 1 aromatic rings. The van der Waals surface area contributed by atoms with Crippen LogP contribution in [-0.4, -0.2) is 33.8 Å². The zero-order valence-electron chi connectivity index (χ0n) is 13.8. The fourth-order valence-electron chi connectivity index (χ4n) is 1.95. The van der Waals surface area contributed by atoms with Gasteiger partial charge in [-0.15, -0.1) is 0 Å². The summed E-state index contributed by atoms with van der Waals surface area (Å²) in [5, 5.41) is 6.25. The monoisotopic (exact) mass is 296 g/mol. The van der Waals surface area contributed by atoms with Crippen LogP contribution in [0.3, 0.4) is 0 Å². The van der Waals surface area contributed by atoms with Gasteiger partial charge < -0.3 is 19.9 Å². The van der Waals surface area contributed by atoms with E-state index in [0.29, 0.717) is 13.1 Å². The average Bonchev–Trinajstić information content (AvgIpc) is 2.76. The van der Waals surface area contributed by atoms with Crippen LogP contribution in [0.1, 0.15) is 46.4 Å². The third kappa shape index (κ3) is 7.13. The van der Waals surface area contributed by atoms with E-state index in [0.717, 1.165) is 18.7 Å². The Bertz CT molecular complexity index is 437. The minimum Gasteiger partial charge on any atom is -0.444 e. The predicted octanol–water partition coefficient (Wildman–Crippen LogP) is 2.20. The highest BCUT2D eigenvalue weighted by Gasteiger charge is 2.17. The summed E-state index contributed by atoms with van der Waals surface area (Å²) >= 11 is 0. The number of carbonyl (C=O) groups excluding carboxylic acids is 1. The zero-order chi connectivity index (χ0) is 15.9. The number of carbonyl (C=O) groups is 1. The highest BCUT2D eigenvalue weighted by Crippen LogP contribution is 2.06. The summed E-state index contributed by atoms with van der Waals surface area (Å²) in [6.45, 7) is 8.93. The number of amides is 1. The van der Waals surface area contributed by atoms with E-state index in [-0.39, 0.29) is 12.1 Å². The SMILES string of the molecule is CCCC(CNC(=O)OC(C)(C)C)NCc1nccn1C. The van der Waals surface area contributed by atoms with Crippen LogP contribution in [0.5, 0.6) is 0 Å². The van der Waals surface area contributed by atoms with Crippen molar-refractivity contribution in [1.82, 2.24) is 20.2 Å². The van der Waals surface area contributed by atoms with E-state index < -0.39 is 5.60 Å². The van der Waals surface area contributed by atoms with Gasteiger partial charge in [-0.3, -0.25) is 0 Å². The van der Waals surface area contributed by atoms with Crippen LogP contribution < -0.4 is 10.6 Å². The van der Waals surface area contributed by atoms with Crippen molar-refractivity contribution < 1.29 is 9.53 Å². The van der Waals surface area contributed by atoms with Crippen LogP contribution in [0, 0.1) is 0 Å². The molecule has 1 rings (SSSR count). The molecule has 0 aliphatic carbocycles. The molecule has 6 heteroatoms. The van der Waals surface area contributed by atoms with Crippen molar-refractivity contribution in [3.63, 3.8) is 0 Å². The molecule has 6 nitrogen and oxygen atoms in total. The summed E-state index contributed by atoms with van der Waals surface area (Å²) < 4.78 is 7.22. The molecular weight excluding hydrogens is 268 g/mol. The molecule has 0 aliphatic rings. The van der Waals surface area contributed by atoms with Gasteiger partial charge in [-0.2, -0.15) is 0 Å². The molecule has 0 fully saturated rings. The first-order valence-electron chi connectivity index (χ1n) is 7.48. The van der Waals surface area contributed by atoms with Gasteiger partial charge in [-0.05, 0) is 27.2 Å². The number of imidazole rings is 1. The predicted molar refractivity (Wildman–Crippen MR) is 83.0 cm³/mol. The zero-order valence-corrected chi connectivity index (χ0v) is 13.8. The minimum absolute atomic E-state index is 0.208. The van der Waals surface area contributed by atoms with Gasteiger partial charge in [0.2, 0.25) is 0 Å². The lowest BCUT2D eigenvalue weighted by Gasteiger charge is -2.22. The van der Waals surface area contributed by atoms with Gasteiger partial charge in [-0.1, -0.05) is 13.3 Å². The molecule has 0 aliphatic heterocycles. The lowest BCUT2D eigenvalue weighted by atomic mass is 10.1. The van der Waals surface area contributed by atoms with Crippen LogP contribution in [0.4, 0.5) is 4.79 Å². The number of nitrogens with one attached hydrogen (secondary N) is 2. The van der Waals surface area contributed by atoms with Crippen molar-refractivity contribution in [2.45, 2.75) is 58.7 Å². The molecular formula is C15H28N4O2. The van der Waals surface area contributed by atoms with Crippen LogP contribution in [0.2, 0.25) is 0 Å². The molecule has 1 atom stereocenters. The highest BCUT2D eigenvalue weighted by molar-refractivity contribution is 5.67. The quantitative estimate of drug-likeness (QED) is 0.809. The topological polar surface area (TPSA) is 68.2 Å². The first-order valence-corrected chi connectivity index (χ1v) is 7.48. The van der Waals surface area contributed by atoms with Crippen molar-refractivity contribution in [3.05, 3.63) is 18.2 Å². The van der Waals surface area contributed by atoms with Crippen molar-refractivity contribution in [1.29, 1.82) is 0 Å². The minimum atomic E-state index is -0.468.